The van der Waals surface area contributed by atoms with Crippen molar-refractivity contribution >= 4 is 5.91 Å². The fourth-order valence-corrected chi connectivity index (χ4v) is 16.5. The second-order valence-electron chi connectivity index (χ2n) is 34.5. The third-order valence-corrected chi connectivity index (χ3v) is 24.1. The van der Waals surface area contributed by atoms with Crippen molar-refractivity contribution in [1.29, 1.82) is 0 Å². The summed E-state index contributed by atoms with van der Waals surface area (Å²) in [6.45, 7) is 1.76. The van der Waals surface area contributed by atoms with Gasteiger partial charge in [0.25, 0.3) is 0 Å². The minimum absolute atomic E-state index is 0.234. The average molecular weight is 1650 g/mol. The van der Waals surface area contributed by atoms with Crippen molar-refractivity contribution in [3.63, 3.8) is 0 Å². The minimum Gasteiger partial charge on any atom is -0.394 e. The lowest BCUT2D eigenvalue weighted by atomic mass is 9.96. The molecule has 0 aromatic carbocycles. The molecule has 17 unspecified atom stereocenters. The summed E-state index contributed by atoms with van der Waals surface area (Å²) in [6, 6.07) is -0.889. The molecule has 0 spiro atoms. The number of unbranched alkanes of at least 4 members (excludes halogenated alkanes) is 54. The van der Waals surface area contributed by atoms with Gasteiger partial charge in [-0.15, -0.1) is 0 Å². The highest BCUT2D eigenvalue weighted by Crippen LogP contribution is 2.34. The topological polar surface area (TPSA) is 307 Å². The zero-order valence-corrected chi connectivity index (χ0v) is 73.7. The number of nitrogens with one attached hydrogen (secondary N) is 1. The normalized spacial score (nSPS) is 24.7. The summed E-state index contributed by atoms with van der Waals surface area (Å²) in [6.07, 6.45) is 74.9. The fraction of sp³-hybridized carbons (Fsp3) is 0.887. The minimum atomic E-state index is -1.97. The van der Waals surface area contributed by atoms with Crippen LogP contribution in [0.1, 0.15) is 418 Å². The van der Waals surface area contributed by atoms with Gasteiger partial charge in [-0.05, 0) is 57.8 Å². The predicted molar refractivity (Wildman–Crippen MR) is 471 cm³/mol. The molecule has 0 aromatic rings. The van der Waals surface area contributed by atoms with Gasteiger partial charge in [0.1, 0.15) is 73.2 Å². The Morgan fingerprint density at radius 3 is 0.931 bits per heavy atom. The molecular weight excluding hydrogens is 1470 g/mol. The summed E-state index contributed by atoms with van der Waals surface area (Å²) in [5, 5.41) is 122. The Morgan fingerprint density at radius 1 is 0.319 bits per heavy atom. The molecule has 116 heavy (non-hydrogen) atoms. The van der Waals surface area contributed by atoms with E-state index in [1.807, 2.05) is 0 Å². The smallest absolute Gasteiger partial charge is 0.220 e. The first-order valence-corrected chi connectivity index (χ1v) is 48.5. The van der Waals surface area contributed by atoms with Crippen molar-refractivity contribution in [3.05, 3.63) is 60.8 Å². The highest BCUT2D eigenvalue weighted by molar-refractivity contribution is 5.76. The number of carbonyl (C=O) groups excluding carboxylic acids is 1. The number of hydrogen-bond acceptors (Lipinski definition) is 18. The van der Waals surface area contributed by atoms with Gasteiger partial charge in [-0.25, -0.2) is 0 Å². The summed E-state index contributed by atoms with van der Waals surface area (Å²) in [5.41, 5.74) is 0. The first-order valence-electron chi connectivity index (χ1n) is 48.5. The molecule has 19 heteroatoms. The first kappa shape index (κ1) is 108. The summed E-state index contributed by atoms with van der Waals surface area (Å²) < 4.78 is 34.7. The van der Waals surface area contributed by atoms with Crippen LogP contribution in [0.3, 0.4) is 0 Å². The van der Waals surface area contributed by atoms with Gasteiger partial charge in [-0.2, -0.15) is 0 Å². The fourth-order valence-electron chi connectivity index (χ4n) is 16.5. The standard InChI is InChI=1S/C97H179NO18/c1-3-5-7-9-11-13-15-17-19-21-23-25-27-29-31-33-35-37-38-39-40-41-42-43-45-47-49-51-53-55-57-59-61-63-65-67-69-71-73-75-85(103)98-80(81(102)74-72-70-68-66-64-62-60-58-56-54-52-50-48-46-44-36-34-32-30-28-26-24-22-20-18-16-14-12-10-8-6-4-2)79-111-95-91(109)88(106)93(83(77-100)113-95)116-97-92(110)89(107)94(84(78-101)114-97)115-96-90(108)87(105)86(104)82(76-99)112-96/h5,7,11,13,17,19,23,25,29,31,80-84,86-97,99-102,104-110H,3-4,6,8-10,12,14-16,18,20-22,24,26-28,30,32-79H2,1-2H3,(H,98,103)/b7-5-,13-11-,19-17-,25-23-,31-29-. The van der Waals surface area contributed by atoms with Crippen LogP contribution in [0.25, 0.3) is 0 Å². The van der Waals surface area contributed by atoms with Crippen LogP contribution >= 0.6 is 0 Å². The number of carbonyl (C=O) groups is 1. The van der Waals surface area contributed by atoms with Gasteiger partial charge in [-0.3, -0.25) is 4.79 Å². The predicted octanol–water partition coefficient (Wildman–Crippen LogP) is 19.7. The molecule has 1 amide bonds. The Labute approximate surface area is 706 Å². The highest BCUT2D eigenvalue weighted by Gasteiger charge is 2.54. The highest BCUT2D eigenvalue weighted by atomic mass is 16.8. The molecule has 12 N–H and O–H groups in total. The summed E-state index contributed by atoms with van der Waals surface area (Å²) in [7, 11) is 0. The lowest BCUT2D eigenvalue weighted by Crippen LogP contribution is -2.66. The number of ether oxygens (including phenoxy) is 6. The van der Waals surface area contributed by atoms with Crippen LogP contribution in [-0.4, -0.2) is 193 Å². The molecule has 3 fully saturated rings. The van der Waals surface area contributed by atoms with E-state index in [0.29, 0.717) is 12.8 Å². The summed E-state index contributed by atoms with van der Waals surface area (Å²) >= 11 is 0. The van der Waals surface area contributed by atoms with Gasteiger partial charge in [0, 0.05) is 6.42 Å². The van der Waals surface area contributed by atoms with E-state index in [4.69, 9.17) is 28.4 Å². The Hall–Kier alpha value is -2.51. The van der Waals surface area contributed by atoms with Gasteiger partial charge >= 0.3 is 0 Å². The monoisotopic (exact) mass is 1650 g/mol. The van der Waals surface area contributed by atoms with Crippen LogP contribution < -0.4 is 5.32 Å². The van der Waals surface area contributed by atoms with E-state index in [1.165, 1.54) is 308 Å². The van der Waals surface area contributed by atoms with Crippen molar-refractivity contribution in [2.75, 3.05) is 26.4 Å². The van der Waals surface area contributed by atoms with Gasteiger partial charge in [-0.1, -0.05) is 415 Å². The largest absolute Gasteiger partial charge is 0.394 e. The molecule has 3 aliphatic rings. The molecule has 680 valence electrons. The number of aliphatic hydroxyl groups is 11. The van der Waals surface area contributed by atoms with E-state index in [2.05, 4.69) is 79.9 Å². The molecule has 17 atom stereocenters. The van der Waals surface area contributed by atoms with Gasteiger partial charge < -0.3 is 89.9 Å². The molecule has 3 rings (SSSR count). The van der Waals surface area contributed by atoms with E-state index >= 15 is 0 Å². The third-order valence-electron chi connectivity index (χ3n) is 24.1. The number of hydrogen-bond donors (Lipinski definition) is 12. The van der Waals surface area contributed by atoms with E-state index in [1.54, 1.807) is 0 Å². The van der Waals surface area contributed by atoms with Crippen molar-refractivity contribution < 1.29 is 89.4 Å². The van der Waals surface area contributed by atoms with E-state index in [9.17, 15) is 61.0 Å². The van der Waals surface area contributed by atoms with Crippen LogP contribution in [0.4, 0.5) is 0 Å². The number of rotatable bonds is 80. The Bertz CT molecular complexity index is 2320. The molecule has 0 bridgehead atoms. The summed E-state index contributed by atoms with van der Waals surface area (Å²) in [4.78, 5) is 13.6. The van der Waals surface area contributed by atoms with E-state index in [-0.39, 0.29) is 18.9 Å². The van der Waals surface area contributed by atoms with Crippen molar-refractivity contribution in [2.24, 2.45) is 0 Å². The molecule has 0 radical (unpaired) electrons. The molecule has 0 aliphatic carbocycles. The lowest BCUT2D eigenvalue weighted by Gasteiger charge is -2.48. The lowest BCUT2D eigenvalue weighted by molar-refractivity contribution is -0.379. The zero-order valence-electron chi connectivity index (χ0n) is 73.7. The van der Waals surface area contributed by atoms with Crippen LogP contribution in [0.2, 0.25) is 0 Å². The molecule has 0 saturated carbocycles. The van der Waals surface area contributed by atoms with Crippen LogP contribution in [0.5, 0.6) is 0 Å². The first-order chi connectivity index (χ1) is 56.8. The van der Waals surface area contributed by atoms with Crippen LogP contribution in [0, 0.1) is 0 Å². The molecule has 3 saturated heterocycles. The zero-order chi connectivity index (χ0) is 83.8. The molecule has 3 heterocycles. The SMILES string of the molecule is CC/C=C\C/C=C\C/C=C\C/C=C\C/C=C\CCCCCCCCCCCCCCCCCCCCCCCCCC(=O)NC(COC1OC(CO)C(OC2OC(CO)C(OC3OC(CO)C(O)C(O)C3O)C(O)C2O)C(O)C1O)C(O)CCCCCCCCCCCCCCCCCCCCCCCCCCCCCCCCCC. The van der Waals surface area contributed by atoms with Gasteiger partial charge in [0.2, 0.25) is 5.91 Å². The average Bonchev–Trinajstić information content (AvgIpc) is 0.779. The second-order valence-corrected chi connectivity index (χ2v) is 34.5. The van der Waals surface area contributed by atoms with Crippen LogP contribution in [-0.2, 0) is 33.2 Å². The van der Waals surface area contributed by atoms with E-state index in [0.717, 1.165) is 77.0 Å². The number of aliphatic hydroxyl groups excluding tert-OH is 11. The summed E-state index contributed by atoms with van der Waals surface area (Å²) in [5.74, 6) is -0.234. The maximum atomic E-state index is 13.6. The Balaban J connectivity index is 1.28. The maximum Gasteiger partial charge on any atom is 0.220 e. The van der Waals surface area contributed by atoms with Crippen LogP contribution in [0.15, 0.2) is 60.8 Å². The second kappa shape index (κ2) is 76.2. The third kappa shape index (κ3) is 53.5. The molecule has 19 nitrogen and oxygen atoms in total. The quantitative estimate of drug-likeness (QED) is 0.0199. The van der Waals surface area contributed by atoms with Crippen molar-refractivity contribution in [2.45, 2.75) is 523 Å². The van der Waals surface area contributed by atoms with Crippen molar-refractivity contribution in [1.82, 2.24) is 5.32 Å². The van der Waals surface area contributed by atoms with Crippen molar-refractivity contribution in [3.8, 4) is 0 Å². The molecule has 3 aliphatic heterocycles. The van der Waals surface area contributed by atoms with E-state index < -0.39 is 124 Å². The number of allylic oxidation sites excluding steroid dienone is 10. The molecular formula is C97H179NO18. The molecule has 0 aromatic heterocycles. The van der Waals surface area contributed by atoms with Gasteiger partial charge in [0.05, 0.1) is 38.6 Å². The Kier molecular flexibility index (Phi) is 70.7. The number of amides is 1. The van der Waals surface area contributed by atoms with Gasteiger partial charge in [0.15, 0.2) is 18.9 Å². The Morgan fingerprint density at radius 2 is 0.595 bits per heavy atom. The maximum absolute atomic E-state index is 13.6.